The fourth-order valence-electron chi connectivity index (χ4n) is 1.18. The summed E-state index contributed by atoms with van der Waals surface area (Å²) in [6.45, 7) is 4.36. The fraction of sp³-hybridized carbons (Fsp3) is 1.00. The van der Waals surface area contributed by atoms with Crippen LogP contribution in [0.1, 0.15) is 32.6 Å². The summed E-state index contributed by atoms with van der Waals surface area (Å²) in [4.78, 5) is 0. The third kappa shape index (κ3) is 4.65. The highest BCUT2D eigenvalue weighted by Gasteiger charge is 2.20. The molecule has 0 saturated heterocycles. The van der Waals surface area contributed by atoms with Crippen LogP contribution in [0.3, 0.4) is 0 Å². The normalized spacial score (nSPS) is 20.2. The summed E-state index contributed by atoms with van der Waals surface area (Å²) in [6, 6.07) is 0. The smallest absolute Gasteiger partial charge is 0.0460 e. The summed E-state index contributed by atoms with van der Waals surface area (Å²) in [7, 11) is 0. The van der Waals surface area contributed by atoms with Gasteiger partial charge < -0.3 is 5.32 Å². The predicted molar refractivity (Wildman–Crippen MR) is 50.1 cm³/mol. The fourth-order valence-corrected chi connectivity index (χ4v) is 1.51. The molecule has 1 fully saturated rings. The first kappa shape index (κ1) is 9.34. The highest BCUT2D eigenvalue weighted by molar-refractivity contribution is 6.20. The van der Waals surface area contributed by atoms with Crippen molar-refractivity contribution in [3.63, 3.8) is 0 Å². The zero-order chi connectivity index (χ0) is 8.10. The topological polar surface area (TPSA) is 12.0 Å². The van der Waals surface area contributed by atoms with E-state index in [1.807, 2.05) is 0 Å². The summed E-state index contributed by atoms with van der Waals surface area (Å²) in [5, 5.41) is 3.75. The molecule has 0 amide bonds. The summed E-state index contributed by atoms with van der Waals surface area (Å²) in [5.74, 6) is 0.973. The molecule has 66 valence electrons. The number of alkyl halides is 1. The number of halogens is 1. The number of rotatable bonds is 6. The lowest BCUT2D eigenvalue weighted by atomic mass is 10.2. The third-order valence-electron chi connectivity index (χ3n) is 2.10. The molecule has 0 bridgehead atoms. The standard InChI is InChI=1S/C9H18ClN/c1-2-3-9(10)7-11-6-8-4-5-8/h8-9,11H,2-7H2,1H3. The molecule has 0 spiro atoms. The van der Waals surface area contributed by atoms with Gasteiger partial charge in [-0.05, 0) is 31.7 Å². The van der Waals surface area contributed by atoms with E-state index in [2.05, 4.69) is 12.2 Å². The predicted octanol–water partition coefficient (Wildman–Crippen LogP) is 2.39. The minimum atomic E-state index is 0.346. The first-order chi connectivity index (χ1) is 5.33. The molecular formula is C9H18ClN. The zero-order valence-corrected chi connectivity index (χ0v) is 8.03. The lowest BCUT2D eigenvalue weighted by Gasteiger charge is -2.08. The van der Waals surface area contributed by atoms with Crippen LogP contribution in [-0.4, -0.2) is 18.5 Å². The second-order valence-electron chi connectivity index (χ2n) is 3.49. The summed E-state index contributed by atoms with van der Waals surface area (Å²) < 4.78 is 0. The van der Waals surface area contributed by atoms with E-state index in [1.165, 1.54) is 25.8 Å². The maximum atomic E-state index is 6.02. The van der Waals surface area contributed by atoms with E-state index in [4.69, 9.17) is 11.6 Å². The molecule has 11 heavy (non-hydrogen) atoms. The molecule has 1 rings (SSSR count). The van der Waals surface area contributed by atoms with Crippen molar-refractivity contribution in [1.82, 2.24) is 5.32 Å². The number of hydrogen-bond acceptors (Lipinski definition) is 1. The van der Waals surface area contributed by atoms with Gasteiger partial charge in [0, 0.05) is 11.9 Å². The van der Waals surface area contributed by atoms with E-state index in [1.54, 1.807) is 0 Å². The van der Waals surface area contributed by atoms with Crippen molar-refractivity contribution in [2.24, 2.45) is 5.92 Å². The monoisotopic (exact) mass is 175 g/mol. The Kier molecular flexibility index (Phi) is 4.24. The Bertz CT molecular complexity index is 102. The number of nitrogens with one attached hydrogen (secondary N) is 1. The van der Waals surface area contributed by atoms with Crippen LogP contribution in [0.25, 0.3) is 0 Å². The molecule has 0 radical (unpaired) electrons. The Morgan fingerprint density at radius 1 is 1.55 bits per heavy atom. The van der Waals surface area contributed by atoms with Crippen molar-refractivity contribution in [1.29, 1.82) is 0 Å². The van der Waals surface area contributed by atoms with Crippen molar-refractivity contribution in [2.75, 3.05) is 13.1 Å². The van der Waals surface area contributed by atoms with Gasteiger partial charge in [-0.2, -0.15) is 0 Å². The summed E-state index contributed by atoms with van der Waals surface area (Å²) >= 11 is 6.02. The zero-order valence-electron chi connectivity index (χ0n) is 7.28. The van der Waals surface area contributed by atoms with Crippen molar-refractivity contribution in [2.45, 2.75) is 38.0 Å². The second-order valence-corrected chi connectivity index (χ2v) is 4.10. The largest absolute Gasteiger partial charge is 0.315 e. The summed E-state index contributed by atoms with van der Waals surface area (Å²) in [5.41, 5.74) is 0. The lowest BCUT2D eigenvalue weighted by Crippen LogP contribution is -2.25. The highest BCUT2D eigenvalue weighted by Crippen LogP contribution is 2.27. The van der Waals surface area contributed by atoms with Crippen LogP contribution in [0.2, 0.25) is 0 Å². The van der Waals surface area contributed by atoms with Gasteiger partial charge in [0.05, 0.1) is 0 Å². The first-order valence-electron chi connectivity index (χ1n) is 4.67. The molecule has 0 aliphatic heterocycles. The molecule has 1 saturated carbocycles. The van der Waals surface area contributed by atoms with Crippen molar-refractivity contribution < 1.29 is 0 Å². The van der Waals surface area contributed by atoms with E-state index >= 15 is 0 Å². The van der Waals surface area contributed by atoms with Gasteiger partial charge in [0.15, 0.2) is 0 Å². The van der Waals surface area contributed by atoms with Gasteiger partial charge in [-0.1, -0.05) is 13.3 Å². The van der Waals surface area contributed by atoms with Gasteiger partial charge in [-0.15, -0.1) is 11.6 Å². The second kappa shape index (κ2) is 5.00. The Morgan fingerprint density at radius 3 is 2.82 bits per heavy atom. The minimum Gasteiger partial charge on any atom is -0.315 e. The third-order valence-corrected chi connectivity index (χ3v) is 2.47. The Balaban J connectivity index is 1.84. The molecule has 1 aliphatic carbocycles. The molecule has 1 nitrogen and oxygen atoms in total. The van der Waals surface area contributed by atoms with Crippen LogP contribution >= 0.6 is 11.6 Å². The molecule has 0 aromatic carbocycles. The molecule has 0 aromatic rings. The van der Waals surface area contributed by atoms with Gasteiger partial charge in [-0.3, -0.25) is 0 Å². The van der Waals surface area contributed by atoms with Gasteiger partial charge in [0.25, 0.3) is 0 Å². The molecule has 0 aromatic heterocycles. The van der Waals surface area contributed by atoms with Gasteiger partial charge in [-0.25, -0.2) is 0 Å². The van der Waals surface area contributed by atoms with E-state index in [9.17, 15) is 0 Å². The summed E-state index contributed by atoms with van der Waals surface area (Å²) in [6.07, 6.45) is 5.18. The maximum Gasteiger partial charge on any atom is 0.0460 e. The van der Waals surface area contributed by atoms with Crippen LogP contribution in [0, 0.1) is 5.92 Å². The van der Waals surface area contributed by atoms with Gasteiger partial charge in [0.1, 0.15) is 0 Å². The van der Waals surface area contributed by atoms with Crippen molar-refractivity contribution in [3.05, 3.63) is 0 Å². The van der Waals surface area contributed by atoms with Crippen molar-refractivity contribution >= 4 is 11.6 Å². The molecule has 0 heterocycles. The van der Waals surface area contributed by atoms with Crippen molar-refractivity contribution in [3.8, 4) is 0 Å². The van der Waals surface area contributed by atoms with Crippen LogP contribution in [0.5, 0.6) is 0 Å². The van der Waals surface area contributed by atoms with E-state index in [-0.39, 0.29) is 0 Å². The SMILES string of the molecule is CCCC(Cl)CNCC1CC1. The lowest BCUT2D eigenvalue weighted by molar-refractivity contribution is 0.597. The Morgan fingerprint density at radius 2 is 2.27 bits per heavy atom. The van der Waals surface area contributed by atoms with Crippen LogP contribution in [0.15, 0.2) is 0 Å². The van der Waals surface area contributed by atoms with Gasteiger partial charge in [0.2, 0.25) is 0 Å². The van der Waals surface area contributed by atoms with Gasteiger partial charge >= 0.3 is 0 Å². The molecular weight excluding hydrogens is 158 g/mol. The first-order valence-corrected chi connectivity index (χ1v) is 5.11. The molecule has 1 unspecified atom stereocenters. The molecule has 1 N–H and O–H groups in total. The minimum absolute atomic E-state index is 0.346. The van der Waals surface area contributed by atoms with Crippen LogP contribution in [-0.2, 0) is 0 Å². The van der Waals surface area contributed by atoms with Crippen LogP contribution in [0.4, 0.5) is 0 Å². The highest BCUT2D eigenvalue weighted by atomic mass is 35.5. The van der Waals surface area contributed by atoms with E-state index in [0.717, 1.165) is 18.9 Å². The van der Waals surface area contributed by atoms with E-state index < -0.39 is 0 Å². The Hall–Kier alpha value is 0.250. The average molecular weight is 176 g/mol. The number of hydrogen-bond donors (Lipinski definition) is 1. The van der Waals surface area contributed by atoms with Crippen LogP contribution < -0.4 is 5.32 Å². The average Bonchev–Trinajstić information content (AvgIpc) is 2.72. The molecule has 1 atom stereocenters. The Labute approximate surface area is 74.5 Å². The maximum absolute atomic E-state index is 6.02. The molecule has 1 aliphatic rings. The molecule has 2 heteroatoms. The van der Waals surface area contributed by atoms with E-state index in [0.29, 0.717) is 5.38 Å². The quantitative estimate of drug-likeness (QED) is 0.612.